The van der Waals surface area contributed by atoms with Crippen molar-refractivity contribution in [2.45, 2.75) is 13.8 Å². The fraction of sp³-hybridized carbons (Fsp3) is 0.100. The Bertz CT molecular complexity index is 1010. The van der Waals surface area contributed by atoms with E-state index in [2.05, 4.69) is 29.9 Å². The van der Waals surface area contributed by atoms with Gasteiger partial charge in [-0.1, -0.05) is 6.07 Å². The first-order valence-electron chi connectivity index (χ1n) is 7.83. The van der Waals surface area contributed by atoms with Gasteiger partial charge in [-0.2, -0.15) is 0 Å². The third kappa shape index (κ3) is 2.42. The molecule has 0 spiro atoms. The van der Waals surface area contributed by atoms with Gasteiger partial charge >= 0.3 is 0 Å². The third-order valence-corrected chi connectivity index (χ3v) is 4.23. The summed E-state index contributed by atoms with van der Waals surface area (Å²) in [6, 6.07) is 11.9. The van der Waals surface area contributed by atoms with E-state index in [0.29, 0.717) is 0 Å². The summed E-state index contributed by atoms with van der Waals surface area (Å²) in [6.07, 6.45) is 7.16. The molecule has 4 nitrogen and oxygen atoms in total. The van der Waals surface area contributed by atoms with E-state index >= 15 is 0 Å². The van der Waals surface area contributed by atoms with Gasteiger partial charge in [0.05, 0.1) is 22.4 Å². The van der Waals surface area contributed by atoms with Crippen LogP contribution in [0.3, 0.4) is 0 Å². The van der Waals surface area contributed by atoms with Crippen LogP contribution in [-0.4, -0.2) is 19.9 Å². The molecule has 0 fully saturated rings. The van der Waals surface area contributed by atoms with Crippen molar-refractivity contribution in [2.75, 3.05) is 0 Å². The van der Waals surface area contributed by atoms with Crippen LogP contribution in [0.1, 0.15) is 11.1 Å². The van der Waals surface area contributed by atoms with Crippen LogP contribution < -0.4 is 0 Å². The zero-order chi connectivity index (χ0) is 16.5. The second-order valence-electron chi connectivity index (χ2n) is 5.78. The van der Waals surface area contributed by atoms with Gasteiger partial charge in [0.2, 0.25) is 0 Å². The molecule has 4 heteroatoms. The maximum Gasteiger partial charge on any atom is 0.0989 e. The molecule has 0 radical (unpaired) electrons. The molecular formula is C20H16N4. The number of aryl methyl sites for hydroxylation is 2. The molecule has 0 bridgehead atoms. The lowest BCUT2D eigenvalue weighted by Gasteiger charge is -2.12. The summed E-state index contributed by atoms with van der Waals surface area (Å²) in [7, 11) is 0. The molecule has 116 valence electrons. The molecule has 1 aromatic carbocycles. The molecule has 0 N–H and O–H groups in total. The van der Waals surface area contributed by atoms with Gasteiger partial charge in [0, 0.05) is 35.9 Å². The largest absolute Gasteiger partial charge is 0.264 e. The van der Waals surface area contributed by atoms with Crippen LogP contribution in [0.2, 0.25) is 0 Å². The highest BCUT2D eigenvalue weighted by Crippen LogP contribution is 2.31. The van der Waals surface area contributed by atoms with Gasteiger partial charge in [-0.25, -0.2) is 9.97 Å². The quantitative estimate of drug-likeness (QED) is 0.551. The highest BCUT2D eigenvalue weighted by Gasteiger charge is 2.15. The number of benzene rings is 1. The normalized spacial score (nSPS) is 10.9. The molecule has 0 saturated heterocycles. The Morgan fingerprint density at radius 2 is 1.33 bits per heavy atom. The van der Waals surface area contributed by atoms with E-state index in [1.807, 2.05) is 42.7 Å². The molecule has 0 aliphatic heterocycles. The molecule has 0 atom stereocenters. The smallest absolute Gasteiger partial charge is 0.0989 e. The Kier molecular flexibility index (Phi) is 3.50. The summed E-state index contributed by atoms with van der Waals surface area (Å²) in [6.45, 7) is 4.18. The summed E-state index contributed by atoms with van der Waals surface area (Å²) in [5.74, 6) is 0. The highest BCUT2D eigenvalue weighted by molar-refractivity contribution is 5.87. The minimum atomic E-state index is 0.826. The number of rotatable bonds is 2. The Morgan fingerprint density at radius 1 is 0.708 bits per heavy atom. The van der Waals surface area contributed by atoms with Gasteiger partial charge in [-0.15, -0.1) is 0 Å². The topological polar surface area (TPSA) is 51.6 Å². The van der Waals surface area contributed by atoms with E-state index in [-0.39, 0.29) is 0 Å². The summed E-state index contributed by atoms with van der Waals surface area (Å²) in [4.78, 5) is 18.3. The number of nitrogens with zero attached hydrogens (tertiary/aromatic N) is 4. The maximum absolute atomic E-state index is 4.95. The Hall–Kier alpha value is -3.14. The second-order valence-corrected chi connectivity index (χ2v) is 5.78. The van der Waals surface area contributed by atoms with Crippen molar-refractivity contribution in [2.24, 2.45) is 0 Å². The third-order valence-electron chi connectivity index (χ3n) is 4.23. The molecule has 24 heavy (non-hydrogen) atoms. The predicted molar refractivity (Wildman–Crippen MR) is 95.5 cm³/mol. The van der Waals surface area contributed by atoms with Gasteiger partial charge in [0.1, 0.15) is 0 Å². The first kappa shape index (κ1) is 14.5. The van der Waals surface area contributed by atoms with Gasteiger partial charge in [-0.3, -0.25) is 9.97 Å². The standard InChI is InChI=1S/C20H16N4/c1-13-7-8-17-18(14(13)2)24-20(16-6-4-10-22-12-16)19(23-17)15-5-3-9-21-11-15/h3-12H,1-2H3. The van der Waals surface area contributed by atoms with E-state index in [1.165, 1.54) is 5.56 Å². The van der Waals surface area contributed by atoms with Crippen molar-refractivity contribution in [3.05, 3.63) is 72.3 Å². The van der Waals surface area contributed by atoms with E-state index in [4.69, 9.17) is 9.97 Å². The fourth-order valence-corrected chi connectivity index (χ4v) is 2.76. The van der Waals surface area contributed by atoms with Crippen LogP contribution in [0, 0.1) is 13.8 Å². The highest BCUT2D eigenvalue weighted by atomic mass is 14.8. The van der Waals surface area contributed by atoms with Gasteiger partial charge < -0.3 is 0 Å². The van der Waals surface area contributed by atoms with E-state index in [0.717, 1.165) is 39.1 Å². The van der Waals surface area contributed by atoms with Crippen molar-refractivity contribution in [3.63, 3.8) is 0 Å². The molecule has 3 heterocycles. The molecular weight excluding hydrogens is 296 g/mol. The van der Waals surface area contributed by atoms with Crippen LogP contribution in [0.15, 0.2) is 61.2 Å². The van der Waals surface area contributed by atoms with Gasteiger partial charge in [0.15, 0.2) is 0 Å². The number of hydrogen-bond donors (Lipinski definition) is 0. The average Bonchev–Trinajstić information content (AvgIpc) is 2.65. The molecule has 0 amide bonds. The molecule has 0 unspecified atom stereocenters. The van der Waals surface area contributed by atoms with Crippen LogP contribution in [0.25, 0.3) is 33.5 Å². The molecule has 0 saturated carbocycles. The Morgan fingerprint density at radius 3 is 1.92 bits per heavy atom. The van der Waals surface area contributed by atoms with Crippen LogP contribution in [0.5, 0.6) is 0 Å². The lowest BCUT2D eigenvalue weighted by atomic mass is 10.0. The van der Waals surface area contributed by atoms with Gasteiger partial charge in [-0.05, 0) is 55.3 Å². The Labute approximate surface area is 140 Å². The number of pyridine rings is 2. The lowest BCUT2D eigenvalue weighted by Crippen LogP contribution is -1.98. The van der Waals surface area contributed by atoms with E-state index < -0.39 is 0 Å². The molecule has 0 aliphatic carbocycles. The summed E-state index contributed by atoms with van der Waals surface area (Å²) >= 11 is 0. The number of hydrogen-bond acceptors (Lipinski definition) is 4. The van der Waals surface area contributed by atoms with Crippen molar-refractivity contribution in [3.8, 4) is 22.5 Å². The number of aromatic nitrogens is 4. The molecule has 0 aliphatic rings. The maximum atomic E-state index is 4.95. The monoisotopic (exact) mass is 312 g/mol. The SMILES string of the molecule is Cc1ccc2nc(-c3cccnc3)c(-c3cccnc3)nc2c1C. The summed E-state index contributed by atoms with van der Waals surface area (Å²) < 4.78 is 0. The Balaban J connectivity index is 2.08. The fourth-order valence-electron chi connectivity index (χ4n) is 2.76. The van der Waals surface area contributed by atoms with E-state index in [1.54, 1.807) is 12.4 Å². The predicted octanol–water partition coefficient (Wildman–Crippen LogP) is 4.37. The van der Waals surface area contributed by atoms with Crippen molar-refractivity contribution in [1.82, 2.24) is 19.9 Å². The van der Waals surface area contributed by atoms with Crippen molar-refractivity contribution < 1.29 is 0 Å². The van der Waals surface area contributed by atoms with E-state index in [9.17, 15) is 0 Å². The average molecular weight is 312 g/mol. The van der Waals surface area contributed by atoms with Crippen LogP contribution in [-0.2, 0) is 0 Å². The first-order valence-corrected chi connectivity index (χ1v) is 7.83. The summed E-state index contributed by atoms with van der Waals surface area (Å²) in [5, 5.41) is 0. The molecule has 3 aromatic heterocycles. The zero-order valence-corrected chi connectivity index (χ0v) is 13.6. The minimum Gasteiger partial charge on any atom is -0.264 e. The molecule has 4 rings (SSSR count). The molecule has 4 aromatic rings. The van der Waals surface area contributed by atoms with Crippen LogP contribution >= 0.6 is 0 Å². The second kappa shape index (κ2) is 5.81. The van der Waals surface area contributed by atoms with Crippen molar-refractivity contribution >= 4 is 11.0 Å². The van der Waals surface area contributed by atoms with Crippen molar-refractivity contribution in [1.29, 1.82) is 0 Å². The lowest BCUT2D eigenvalue weighted by molar-refractivity contribution is 1.23. The number of fused-ring (bicyclic) bond motifs is 1. The minimum absolute atomic E-state index is 0.826. The summed E-state index contributed by atoms with van der Waals surface area (Å²) in [5.41, 5.74) is 7.75. The first-order chi connectivity index (χ1) is 11.7. The zero-order valence-electron chi connectivity index (χ0n) is 13.6. The van der Waals surface area contributed by atoms with Crippen LogP contribution in [0.4, 0.5) is 0 Å². The van der Waals surface area contributed by atoms with Gasteiger partial charge in [0.25, 0.3) is 0 Å².